The Morgan fingerprint density at radius 2 is 1.85 bits per heavy atom. The van der Waals surface area contributed by atoms with Gasteiger partial charge in [0, 0.05) is 19.0 Å². The van der Waals surface area contributed by atoms with E-state index in [1.807, 2.05) is 47.4 Å². The molecule has 2 aromatic carbocycles. The van der Waals surface area contributed by atoms with Crippen LogP contribution in [-0.2, 0) is 0 Å². The van der Waals surface area contributed by atoms with Gasteiger partial charge in [-0.15, -0.1) is 12.4 Å². The maximum Gasteiger partial charge on any atom is 0.257 e. The normalized spacial score (nSPS) is 18.9. The van der Waals surface area contributed by atoms with E-state index in [1.165, 1.54) is 5.56 Å². The van der Waals surface area contributed by atoms with Gasteiger partial charge in [0.2, 0.25) is 0 Å². The van der Waals surface area contributed by atoms with Crippen molar-refractivity contribution in [1.82, 2.24) is 4.90 Å². The van der Waals surface area contributed by atoms with Gasteiger partial charge in [-0.2, -0.15) is 0 Å². The molecule has 1 aliphatic heterocycles. The molecule has 0 bridgehead atoms. The lowest BCUT2D eigenvalue weighted by atomic mass is 9.89. The highest BCUT2D eigenvalue weighted by Crippen LogP contribution is 2.33. The van der Waals surface area contributed by atoms with Gasteiger partial charge in [0.15, 0.2) is 0 Å². The minimum absolute atomic E-state index is 0. The Balaban J connectivity index is 0.00000243. The average Bonchev–Trinajstić information content (AvgIpc) is 3.11. The highest BCUT2D eigenvalue weighted by atomic mass is 35.5. The summed E-state index contributed by atoms with van der Waals surface area (Å²) in [5, 5.41) is 0. The zero-order valence-corrected chi connectivity index (χ0v) is 15.5. The molecule has 2 aromatic rings. The number of amides is 1. The van der Waals surface area contributed by atoms with Crippen LogP contribution in [0.1, 0.15) is 21.8 Å². The first-order valence-electron chi connectivity index (χ1n) is 8.61. The van der Waals surface area contributed by atoms with Gasteiger partial charge < -0.3 is 15.4 Å². The van der Waals surface area contributed by atoms with E-state index in [9.17, 15) is 4.79 Å². The molecular weight excluding hydrogens is 348 g/mol. The van der Waals surface area contributed by atoms with E-state index in [2.05, 4.69) is 18.7 Å². The number of carbonyl (C=O) groups excluding carboxylic acids is 1. The number of nitrogens with two attached hydrogens (primary N) is 1. The first kappa shape index (κ1) is 20.0. The first-order valence-corrected chi connectivity index (χ1v) is 8.61. The maximum atomic E-state index is 13.0. The van der Waals surface area contributed by atoms with Crippen molar-refractivity contribution in [2.75, 3.05) is 26.2 Å². The lowest BCUT2D eigenvalue weighted by Crippen LogP contribution is -2.30. The lowest BCUT2D eigenvalue weighted by molar-refractivity contribution is 0.0782. The van der Waals surface area contributed by atoms with Crippen molar-refractivity contribution in [3.05, 3.63) is 78.4 Å². The molecule has 0 spiro atoms. The molecule has 5 heteroatoms. The van der Waals surface area contributed by atoms with Crippen molar-refractivity contribution < 1.29 is 9.53 Å². The lowest BCUT2D eigenvalue weighted by Gasteiger charge is -2.18. The van der Waals surface area contributed by atoms with Gasteiger partial charge in [0.1, 0.15) is 12.4 Å². The molecule has 1 fully saturated rings. The van der Waals surface area contributed by atoms with Crippen LogP contribution in [0.4, 0.5) is 0 Å². The molecule has 138 valence electrons. The standard InChI is InChI=1S/C21H24N2O2.ClH/c1-2-12-25-20-11-7-6-10-18(20)21(24)23-14-17(13-22)19(15-23)16-8-4-3-5-9-16;/h2-11,17,19H,1,12-15,22H2;1H/t17-,19+;/m1./s1. The molecule has 0 unspecified atom stereocenters. The third-order valence-corrected chi connectivity index (χ3v) is 4.73. The van der Waals surface area contributed by atoms with Gasteiger partial charge in [0.25, 0.3) is 5.91 Å². The summed E-state index contributed by atoms with van der Waals surface area (Å²) in [6.07, 6.45) is 1.67. The second-order valence-corrected chi connectivity index (χ2v) is 6.32. The van der Waals surface area contributed by atoms with E-state index in [0.717, 1.165) is 0 Å². The van der Waals surface area contributed by atoms with Crippen LogP contribution in [0.3, 0.4) is 0 Å². The van der Waals surface area contributed by atoms with Crippen LogP contribution in [0.25, 0.3) is 0 Å². The Morgan fingerprint density at radius 3 is 2.54 bits per heavy atom. The van der Waals surface area contributed by atoms with Crippen LogP contribution in [0.15, 0.2) is 67.3 Å². The monoisotopic (exact) mass is 372 g/mol. The summed E-state index contributed by atoms with van der Waals surface area (Å²) in [5.41, 5.74) is 7.82. The molecule has 1 aliphatic rings. The second-order valence-electron chi connectivity index (χ2n) is 6.32. The molecule has 1 amide bonds. The van der Waals surface area contributed by atoms with Gasteiger partial charge in [-0.3, -0.25) is 4.79 Å². The number of benzene rings is 2. The molecule has 0 aromatic heterocycles. The van der Waals surface area contributed by atoms with E-state index in [1.54, 1.807) is 6.08 Å². The molecule has 0 aliphatic carbocycles. The van der Waals surface area contributed by atoms with Crippen LogP contribution in [0.5, 0.6) is 5.75 Å². The number of hydrogen-bond donors (Lipinski definition) is 1. The summed E-state index contributed by atoms with van der Waals surface area (Å²) in [6.45, 7) is 5.96. The van der Waals surface area contributed by atoms with E-state index in [-0.39, 0.29) is 30.2 Å². The Labute approximate surface area is 161 Å². The Bertz CT molecular complexity index is 736. The number of para-hydroxylation sites is 1. The highest BCUT2D eigenvalue weighted by molar-refractivity contribution is 5.97. The number of ether oxygens (including phenoxy) is 1. The van der Waals surface area contributed by atoms with Crippen LogP contribution in [-0.4, -0.2) is 37.0 Å². The van der Waals surface area contributed by atoms with Crippen molar-refractivity contribution in [1.29, 1.82) is 0 Å². The van der Waals surface area contributed by atoms with E-state index < -0.39 is 0 Å². The fourth-order valence-corrected chi connectivity index (χ4v) is 3.44. The topological polar surface area (TPSA) is 55.6 Å². The van der Waals surface area contributed by atoms with Gasteiger partial charge >= 0.3 is 0 Å². The second kappa shape index (κ2) is 9.41. The number of halogens is 1. The van der Waals surface area contributed by atoms with Crippen LogP contribution in [0, 0.1) is 5.92 Å². The molecular formula is C21H25ClN2O2. The summed E-state index contributed by atoms with van der Waals surface area (Å²) in [7, 11) is 0. The number of rotatable bonds is 6. The number of likely N-dealkylation sites (tertiary alicyclic amines) is 1. The van der Waals surface area contributed by atoms with Gasteiger partial charge in [-0.25, -0.2) is 0 Å². The van der Waals surface area contributed by atoms with Gasteiger partial charge in [0.05, 0.1) is 5.56 Å². The summed E-state index contributed by atoms with van der Waals surface area (Å²) < 4.78 is 5.64. The van der Waals surface area contributed by atoms with Crippen LogP contribution in [0.2, 0.25) is 0 Å². The Morgan fingerprint density at radius 1 is 1.15 bits per heavy atom. The molecule has 2 atom stereocenters. The summed E-state index contributed by atoms with van der Waals surface area (Å²) in [6, 6.07) is 17.7. The van der Waals surface area contributed by atoms with E-state index >= 15 is 0 Å². The molecule has 3 rings (SSSR count). The van der Waals surface area contributed by atoms with Gasteiger partial charge in [-0.05, 0) is 30.2 Å². The third-order valence-electron chi connectivity index (χ3n) is 4.73. The van der Waals surface area contributed by atoms with Crippen molar-refractivity contribution >= 4 is 18.3 Å². The SMILES string of the molecule is C=CCOc1ccccc1C(=O)N1C[C@@H](CN)[C@H](c2ccccc2)C1.Cl. The minimum atomic E-state index is -0.00320. The fraction of sp³-hybridized carbons (Fsp3) is 0.286. The van der Waals surface area contributed by atoms with Crippen molar-refractivity contribution in [2.45, 2.75) is 5.92 Å². The maximum absolute atomic E-state index is 13.0. The third kappa shape index (κ3) is 4.26. The Kier molecular flexibility index (Phi) is 7.25. The summed E-state index contributed by atoms with van der Waals surface area (Å²) >= 11 is 0. The molecule has 0 saturated carbocycles. The zero-order chi connectivity index (χ0) is 17.6. The smallest absolute Gasteiger partial charge is 0.257 e. The zero-order valence-electron chi connectivity index (χ0n) is 14.7. The number of nitrogens with zero attached hydrogens (tertiary/aromatic N) is 1. The van der Waals surface area contributed by atoms with E-state index in [0.29, 0.717) is 37.6 Å². The summed E-state index contributed by atoms with van der Waals surface area (Å²) in [5.74, 6) is 1.14. The molecule has 26 heavy (non-hydrogen) atoms. The largest absolute Gasteiger partial charge is 0.489 e. The molecule has 2 N–H and O–H groups in total. The quantitative estimate of drug-likeness (QED) is 0.790. The van der Waals surface area contributed by atoms with Crippen LogP contribution < -0.4 is 10.5 Å². The fourth-order valence-electron chi connectivity index (χ4n) is 3.44. The van der Waals surface area contributed by atoms with Crippen molar-refractivity contribution in [3.8, 4) is 5.75 Å². The molecule has 0 radical (unpaired) electrons. The molecule has 1 saturated heterocycles. The Hall–Kier alpha value is -2.30. The van der Waals surface area contributed by atoms with Crippen molar-refractivity contribution in [3.63, 3.8) is 0 Å². The first-order chi connectivity index (χ1) is 12.2. The predicted octanol–water partition coefficient (Wildman–Crippen LogP) is 3.49. The van der Waals surface area contributed by atoms with Crippen LogP contribution >= 0.6 is 12.4 Å². The highest BCUT2D eigenvalue weighted by Gasteiger charge is 2.36. The average molecular weight is 373 g/mol. The number of carbonyl (C=O) groups is 1. The molecule has 4 nitrogen and oxygen atoms in total. The summed E-state index contributed by atoms with van der Waals surface area (Å²) in [4.78, 5) is 14.9. The van der Waals surface area contributed by atoms with E-state index in [4.69, 9.17) is 10.5 Å². The van der Waals surface area contributed by atoms with Gasteiger partial charge in [-0.1, -0.05) is 55.1 Å². The predicted molar refractivity (Wildman–Crippen MR) is 107 cm³/mol. The number of hydrogen-bond acceptors (Lipinski definition) is 3. The minimum Gasteiger partial charge on any atom is -0.489 e. The molecule has 1 heterocycles. The van der Waals surface area contributed by atoms with Crippen molar-refractivity contribution in [2.24, 2.45) is 11.7 Å².